The van der Waals surface area contributed by atoms with Gasteiger partial charge in [-0.3, -0.25) is 0 Å². The van der Waals surface area contributed by atoms with Crippen molar-refractivity contribution in [1.82, 2.24) is 0 Å². The minimum Gasteiger partial charge on any atom is -0.0627 e. The van der Waals surface area contributed by atoms with Crippen molar-refractivity contribution in [2.45, 2.75) is 0 Å². The van der Waals surface area contributed by atoms with Crippen LogP contribution in [0, 0.1) is 0 Å². The van der Waals surface area contributed by atoms with Gasteiger partial charge in [-0.2, -0.15) is 0 Å². The molecule has 0 heterocycles. The smallest absolute Gasteiger partial charge is 0.0627 e. The molecule has 4 aromatic rings. The fourth-order valence-electron chi connectivity index (χ4n) is 3.13. The largest absolute Gasteiger partial charge is 0.0875 e. The molecule has 120 valence electrons. The van der Waals surface area contributed by atoms with E-state index in [0.29, 0.717) is 0 Å². The molecule has 0 amide bonds. The van der Waals surface area contributed by atoms with Crippen molar-refractivity contribution >= 4 is 19.9 Å². The van der Waals surface area contributed by atoms with E-state index in [-0.39, 0.29) is 0 Å². The Morgan fingerprint density at radius 2 is 0.640 bits per heavy atom. The van der Waals surface area contributed by atoms with Gasteiger partial charge in [0.1, 0.15) is 0 Å². The summed E-state index contributed by atoms with van der Waals surface area (Å²) in [5.41, 5.74) is 5.14. The molecule has 0 N–H and O–H groups in total. The maximum Gasteiger partial charge on any atom is 0.0875 e. The lowest BCUT2D eigenvalue weighted by Crippen LogP contribution is -2.26. The van der Waals surface area contributed by atoms with Gasteiger partial charge in [0.05, 0.1) is 9.52 Å². The first-order chi connectivity index (χ1) is 12.4. The summed E-state index contributed by atoms with van der Waals surface area (Å²) >= 11 is 0. The lowest BCUT2D eigenvalue weighted by Gasteiger charge is -2.06. The Morgan fingerprint density at radius 3 is 1.00 bits per heavy atom. The summed E-state index contributed by atoms with van der Waals surface area (Å²) in [7, 11) is -0.426. The molecule has 0 aliphatic carbocycles. The predicted octanol–water partition coefficient (Wildman–Crippen LogP) is 4.14. The number of rotatable bonds is 4. The van der Waals surface area contributed by atoms with E-state index in [1.54, 1.807) is 0 Å². The van der Waals surface area contributed by atoms with Gasteiger partial charge in [0.2, 0.25) is 0 Å². The minimum absolute atomic E-state index is 0.426. The molecule has 4 aromatic carbocycles. The van der Waals surface area contributed by atoms with Crippen molar-refractivity contribution in [3.63, 3.8) is 0 Å². The van der Waals surface area contributed by atoms with Gasteiger partial charge in [0.25, 0.3) is 0 Å². The fraction of sp³-hybridized carbons (Fsp3) is 0. The van der Waals surface area contributed by atoms with Crippen LogP contribution >= 0.6 is 0 Å². The Bertz CT molecular complexity index is 844. The summed E-state index contributed by atoms with van der Waals surface area (Å²) in [6, 6.07) is 39.3. The summed E-state index contributed by atoms with van der Waals surface area (Å²) in [4.78, 5) is 0. The normalized spacial score (nSPS) is 10.6. The molecule has 0 saturated carbocycles. The summed E-state index contributed by atoms with van der Waals surface area (Å²) in [5, 5.41) is 2.96. The van der Waals surface area contributed by atoms with Crippen LogP contribution in [0.2, 0.25) is 0 Å². The predicted molar refractivity (Wildman–Crippen MR) is 112 cm³/mol. The van der Waals surface area contributed by atoms with Crippen molar-refractivity contribution in [3.05, 3.63) is 109 Å². The van der Waals surface area contributed by atoms with Gasteiger partial charge in [-0.05, 0) is 22.3 Å². The molecular formula is C24H20Si. The van der Waals surface area contributed by atoms with Crippen LogP contribution in [0.1, 0.15) is 0 Å². The maximum absolute atomic E-state index is 2.29. The zero-order chi connectivity index (χ0) is 16.9. The molecule has 0 spiro atoms. The molecule has 1 heteroatoms. The van der Waals surface area contributed by atoms with Gasteiger partial charge >= 0.3 is 0 Å². The Labute approximate surface area is 151 Å². The van der Waals surface area contributed by atoms with Crippen LogP contribution in [0.15, 0.2) is 109 Å². The van der Waals surface area contributed by atoms with Crippen LogP contribution in [0.3, 0.4) is 0 Å². The van der Waals surface area contributed by atoms with E-state index in [1.165, 1.54) is 32.6 Å². The topological polar surface area (TPSA) is 0 Å². The molecule has 0 nitrogen and oxygen atoms in total. The quantitative estimate of drug-likeness (QED) is 0.491. The highest BCUT2D eigenvalue weighted by Crippen LogP contribution is 2.18. The summed E-state index contributed by atoms with van der Waals surface area (Å²) in [5.74, 6) is 0. The van der Waals surface area contributed by atoms with Crippen molar-refractivity contribution in [2.75, 3.05) is 0 Å². The van der Waals surface area contributed by atoms with Gasteiger partial charge in [0.15, 0.2) is 0 Å². The second-order valence-corrected chi connectivity index (χ2v) is 8.29. The van der Waals surface area contributed by atoms with Gasteiger partial charge in [-0.25, -0.2) is 0 Å². The second-order valence-electron chi connectivity index (χ2n) is 6.30. The molecule has 0 atom stereocenters. The first kappa shape index (κ1) is 15.6. The summed E-state index contributed by atoms with van der Waals surface area (Å²) in [6.07, 6.45) is 0. The third-order valence-electron chi connectivity index (χ3n) is 4.53. The molecule has 0 radical (unpaired) electrons. The zero-order valence-electron chi connectivity index (χ0n) is 14.1. The molecule has 0 unspecified atom stereocenters. The summed E-state index contributed by atoms with van der Waals surface area (Å²) < 4.78 is 0. The molecule has 0 bridgehead atoms. The lowest BCUT2D eigenvalue weighted by molar-refractivity contribution is 1.63. The second kappa shape index (κ2) is 7.33. The van der Waals surface area contributed by atoms with Crippen LogP contribution in [-0.2, 0) is 0 Å². The molecule has 4 rings (SSSR count). The molecule has 0 fully saturated rings. The molecule has 0 aliphatic heterocycles. The van der Waals surface area contributed by atoms with E-state index in [1.807, 2.05) is 0 Å². The Kier molecular flexibility index (Phi) is 4.58. The Hall–Kier alpha value is -2.90. The first-order valence-corrected chi connectivity index (χ1v) is 10.1. The van der Waals surface area contributed by atoms with Crippen LogP contribution in [0.25, 0.3) is 22.3 Å². The van der Waals surface area contributed by atoms with E-state index in [0.717, 1.165) is 0 Å². The monoisotopic (exact) mass is 336 g/mol. The average molecular weight is 337 g/mol. The van der Waals surface area contributed by atoms with Crippen LogP contribution < -0.4 is 10.4 Å². The Morgan fingerprint density at radius 1 is 0.320 bits per heavy atom. The van der Waals surface area contributed by atoms with E-state index < -0.39 is 9.52 Å². The molecular weight excluding hydrogens is 316 g/mol. The first-order valence-electron chi connectivity index (χ1n) is 8.67. The van der Waals surface area contributed by atoms with Crippen molar-refractivity contribution in [2.24, 2.45) is 0 Å². The fourth-order valence-corrected chi connectivity index (χ4v) is 4.54. The highest BCUT2D eigenvalue weighted by atomic mass is 28.2. The van der Waals surface area contributed by atoms with E-state index in [9.17, 15) is 0 Å². The van der Waals surface area contributed by atoms with Crippen LogP contribution in [0.5, 0.6) is 0 Å². The number of hydrogen-bond donors (Lipinski definition) is 0. The van der Waals surface area contributed by atoms with Crippen LogP contribution in [0.4, 0.5) is 0 Å². The standard InChI is InChI=1S/C24H20Si/c1-3-7-19(8-4-1)21-11-15-23(16-12-21)25-24-17-13-22(14-18-24)20-9-5-2-6-10-20/h1-18H,25H2. The van der Waals surface area contributed by atoms with E-state index in [4.69, 9.17) is 0 Å². The minimum atomic E-state index is -0.426. The molecule has 0 saturated heterocycles. The molecule has 25 heavy (non-hydrogen) atoms. The molecule has 0 aliphatic rings. The van der Waals surface area contributed by atoms with Gasteiger partial charge in [-0.1, -0.05) is 120 Å². The maximum atomic E-state index is 2.29. The van der Waals surface area contributed by atoms with Crippen molar-refractivity contribution < 1.29 is 0 Å². The SMILES string of the molecule is c1ccc(-c2ccc([SiH2]c3ccc(-c4ccccc4)cc3)cc2)cc1. The van der Waals surface area contributed by atoms with Gasteiger partial charge in [0, 0.05) is 0 Å². The zero-order valence-corrected chi connectivity index (χ0v) is 15.5. The van der Waals surface area contributed by atoms with Crippen LogP contribution in [-0.4, -0.2) is 9.52 Å². The summed E-state index contributed by atoms with van der Waals surface area (Å²) in [6.45, 7) is 0. The highest BCUT2D eigenvalue weighted by molar-refractivity contribution is 6.67. The third kappa shape index (κ3) is 3.78. The van der Waals surface area contributed by atoms with E-state index >= 15 is 0 Å². The molecule has 0 aromatic heterocycles. The Balaban J connectivity index is 1.49. The lowest BCUT2D eigenvalue weighted by atomic mass is 10.1. The van der Waals surface area contributed by atoms with Crippen molar-refractivity contribution in [3.8, 4) is 22.3 Å². The van der Waals surface area contributed by atoms with Gasteiger partial charge < -0.3 is 0 Å². The van der Waals surface area contributed by atoms with Crippen molar-refractivity contribution in [1.29, 1.82) is 0 Å². The third-order valence-corrected chi connectivity index (χ3v) is 6.29. The number of benzene rings is 4. The number of hydrogen-bond acceptors (Lipinski definition) is 0. The highest BCUT2D eigenvalue weighted by Gasteiger charge is 2.01. The van der Waals surface area contributed by atoms with E-state index in [2.05, 4.69) is 109 Å². The van der Waals surface area contributed by atoms with Gasteiger partial charge in [-0.15, -0.1) is 0 Å². The average Bonchev–Trinajstić information content (AvgIpc) is 2.71.